The van der Waals surface area contributed by atoms with E-state index >= 15 is 0 Å². The van der Waals surface area contributed by atoms with Crippen molar-refractivity contribution in [3.63, 3.8) is 0 Å². The van der Waals surface area contributed by atoms with Crippen LogP contribution in [0.4, 0.5) is 0 Å². The van der Waals surface area contributed by atoms with E-state index in [9.17, 15) is 2.74 Å². The van der Waals surface area contributed by atoms with Gasteiger partial charge in [-0.2, -0.15) is 0 Å². The molecule has 0 amide bonds. The van der Waals surface area contributed by atoms with Gasteiger partial charge in [0.25, 0.3) is 0 Å². The van der Waals surface area contributed by atoms with Gasteiger partial charge in [-0.25, -0.2) is 0 Å². The maximum absolute atomic E-state index is 9.37. The lowest BCUT2D eigenvalue weighted by Gasteiger charge is -2.14. The molecule has 7 rings (SSSR count). The average Bonchev–Trinajstić information content (AvgIpc) is 3.48. The zero-order valence-electron chi connectivity index (χ0n) is 33.4. The lowest BCUT2D eigenvalue weighted by atomic mass is 9.89. The fourth-order valence-corrected chi connectivity index (χ4v) is 3.74. The molecule has 0 radical (unpaired) electrons. The number of furan rings is 1. The van der Waals surface area contributed by atoms with Crippen molar-refractivity contribution in [1.82, 2.24) is 0 Å². The smallest absolute Gasteiger partial charge is 0.135 e. The first-order valence-corrected chi connectivity index (χ1v) is 9.16. The van der Waals surface area contributed by atoms with Gasteiger partial charge >= 0.3 is 0 Å². The predicted molar refractivity (Wildman–Crippen MR) is 132 cm³/mol. The minimum absolute atomic E-state index is 0.305. The molecule has 0 bridgehead atoms. The van der Waals surface area contributed by atoms with E-state index in [1.54, 1.807) is 0 Å². The van der Waals surface area contributed by atoms with E-state index in [1.807, 2.05) is 0 Å². The number of para-hydroxylation sites is 1. The van der Waals surface area contributed by atoms with Crippen LogP contribution in [0.15, 0.2) is 113 Å². The first-order chi connectivity index (χ1) is 22.9. The van der Waals surface area contributed by atoms with Gasteiger partial charge in [0.05, 0.1) is 24.7 Å². The average molecular weight is 413 g/mol. The van der Waals surface area contributed by atoms with E-state index in [0.717, 1.165) is 0 Å². The van der Waals surface area contributed by atoms with Gasteiger partial charge in [-0.1, -0.05) is 84.6 Å². The van der Waals surface area contributed by atoms with Crippen LogP contribution in [-0.4, -0.2) is 0 Å². The molecule has 1 heteroatoms. The van der Waals surface area contributed by atoms with Crippen LogP contribution in [0.25, 0.3) is 65.4 Å². The van der Waals surface area contributed by atoms with Gasteiger partial charge in [-0.15, -0.1) is 0 Å². The Morgan fingerprint density at radius 1 is 0.452 bits per heavy atom. The molecular formula is C30H18O. The predicted octanol–water partition coefficient (Wildman–Crippen LogP) is 8.71. The third kappa shape index (κ3) is 2.38. The Kier molecular flexibility index (Phi) is 1.39. The van der Waals surface area contributed by atoms with Crippen LogP contribution in [-0.2, 0) is 0 Å². The summed E-state index contributed by atoms with van der Waals surface area (Å²) in [6.45, 7) is 0. The molecule has 6 aromatic carbocycles. The third-order valence-electron chi connectivity index (χ3n) is 5.07. The Morgan fingerprint density at radius 3 is 2.06 bits per heavy atom. The molecule has 0 fully saturated rings. The summed E-state index contributed by atoms with van der Waals surface area (Å²) in [5.74, 6) is 0. The van der Waals surface area contributed by atoms with Gasteiger partial charge in [-0.3, -0.25) is 0 Å². The fourth-order valence-electron chi connectivity index (χ4n) is 3.74. The highest BCUT2D eigenvalue weighted by atomic mass is 16.3. The molecule has 0 aliphatic carbocycles. The Bertz CT molecular complexity index is 2750. The summed E-state index contributed by atoms with van der Waals surface area (Å²) in [4.78, 5) is 0. The summed E-state index contributed by atoms with van der Waals surface area (Å²) in [5.41, 5.74) is -1.88. The minimum atomic E-state index is -0.786. The zero-order valence-corrected chi connectivity index (χ0v) is 15.4. The molecule has 144 valence electrons. The number of benzene rings is 6. The Morgan fingerprint density at radius 2 is 1.16 bits per heavy atom. The molecule has 0 unspecified atom stereocenters. The van der Waals surface area contributed by atoms with Crippen LogP contribution in [0.5, 0.6) is 0 Å². The molecule has 0 aliphatic rings. The maximum atomic E-state index is 9.37. The molecule has 0 saturated heterocycles. The van der Waals surface area contributed by atoms with Crippen LogP contribution in [0, 0.1) is 0 Å². The molecular weight excluding hydrogens is 376 g/mol. The van der Waals surface area contributed by atoms with Crippen LogP contribution < -0.4 is 0 Å². The van der Waals surface area contributed by atoms with Crippen LogP contribution in [0.3, 0.4) is 0 Å². The standard InChI is InChI=1S/C30H18O/c1-3-9-22-19(7-1)13-15-25-26(22)17-20-8-2-4-10-23(20)30(25)21-14-16-29-27(18-21)24-11-5-6-12-28(24)31-29/h1-18H/i1D,2D,3D,4D,5D,6D,7D,8D,9D,10D,11D,12D,13D,14D,15D,16D,17D,18D. The lowest BCUT2D eigenvalue weighted by Crippen LogP contribution is -1.87. The van der Waals surface area contributed by atoms with Crippen LogP contribution in [0.1, 0.15) is 24.7 Å². The topological polar surface area (TPSA) is 13.1 Å². The third-order valence-corrected chi connectivity index (χ3v) is 5.07. The molecule has 31 heavy (non-hydrogen) atoms. The second-order valence-electron chi connectivity index (χ2n) is 6.76. The summed E-state index contributed by atoms with van der Waals surface area (Å²) in [7, 11) is 0. The highest BCUT2D eigenvalue weighted by Crippen LogP contribution is 2.41. The van der Waals surface area contributed by atoms with Gasteiger partial charge in [0.1, 0.15) is 11.2 Å². The first kappa shape index (κ1) is 6.96. The molecule has 0 spiro atoms. The Labute approximate surface area is 204 Å². The SMILES string of the molecule is [2H]c1c([2H])c([2H])c2c(oc3c([2H])c([2H])c(-c4c5c([2H])c([2H])c([2H])c([2H])c5c([2H])c5c4c([2H])c([2H])c4c([2H])c([2H])c([2H])c([2H])c45)c([2H])c32)c1[2H]. The fraction of sp³-hybridized carbons (Fsp3) is 0. The zero-order chi connectivity index (χ0) is 36.0. The highest BCUT2D eigenvalue weighted by Gasteiger charge is 2.14. The lowest BCUT2D eigenvalue weighted by molar-refractivity contribution is 0.669. The quantitative estimate of drug-likeness (QED) is 0.194. The van der Waals surface area contributed by atoms with Gasteiger partial charge in [0, 0.05) is 10.8 Å². The molecule has 1 nitrogen and oxygen atoms in total. The molecule has 0 aliphatic heterocycles. The number of hydrogen-bond donors (Lipinski definition) is 0. The number of hydrogen-bond acceptors (Lipinski definition) is 1. The molecule has 0 saturated carbocycles. The van der Waals surface area contributed by atoms with Crippen molar-refractivity contribution < 1.29 is 29.1 Å². The maximum Gasteiger partial charge on any atom is 0.135 e. The Balaban J connectivity index is 1.91. The summed E-state index contributed by atoms with van der Waals surface area (Å²) < 4.78 is 162. The van der Waals surface area contributed by atoms with Gasteiger partial charge in [-0.05, 0) is 67.6 Å². The van der Waals surface area contributed by atoms with E-state index in [2.05, 4.69) is 0 Å². The van der Waals surface area contributed by atoms with E-state index in [0.29, 0.717) is 0 Å². The number of fused-ring (bicyclic) bond motifs is 7. The monoisotopic (exact) mass is 412 g/mol. The largest absolute Gasteiger partial charge is 0.456 e. The van der Waals surface area contributed by atoms with Gasteiger partial charge < -0.3 is 4.42 Å². The molecule has 1 heterocycles. The molecule has 0 atom stereocenters. The van der Waals surface area contributed by atoms with E-state index in [4.69, 9.17) is 26.3 Å². The van der Waals surface area contributed by atoms with Crippen molar-refractivity contribution in [3.05, 3.63) is 109 Å². The summed E-state index contributed by atoms with van der Waals surface area (Å²) in [6.07, 6.45) is 0. The van der Waals surface area contributed by atoms with Crippen molar-refractivity contribution in [2.45, 2.75) is 0 Å². The van der Waals surface area contributed by atoms with Crippen molar-refractivity contribution in [3.8, 4) is 11.1 Å². The van der Waals surface area contributed by atoms with Crippen molar-refractivity contribution in [2.24, 2.45) is 0 Å². The van der Waals surface area contributed by atoms with E-state index in [-0.39, 0.29) is 10.8 Å². The van der Waals surface area contributed by atoms with E-state index < -0.39 is 163 Å². The summed E-state index contributed by atoms with van der Waals surface area (Å²) in [6, 6.07) is -12.8. The summed E-state index contributed by atoms with van der Waals surface area (Å²) in [5, 5.41) is -3.31. The van der Waals surface area contributed by atoms with Crippen molar-refractivity contribution in [1.29, 1.82) is 0 Å². The second-order valence-corrected chi connectivity index (χ2v) is 6.76. The Hall–Kier alpha value is -4.10. The van der Waals surface area contributed by atoms with E-state index in [1.165, 1.54) is 0 Å². The molecule has 7 aromatic rings. The molecule has 1 aromatic heterocycles. The van der Waals surface area contributed by atoms with Crippen molar-refractivity contribution in [2.75, 3.05) is 0 Å². The first-order valence-electron chi connectivity index (χ1n) is 18.2. The minimum Gasteiger partial charge on any atom is -0.456 e. The normalized spacial score (nSPS) is 20.0. The summed E-state index contributed by atoms with van der Waals surface area (Å²) >= 11 is 0. The van der Waals surface area contributed by atoms with Gasteiger partial charge in [0.15, 0.2) is 0 Å². The highest BCUT2D eigenvalue weighted by molar-refractivity contribution is 6.20. The van der Waals surface area contributed by atoms with Gasteiger partial charge in [0.2, 0.25) is 0 Å². The number of rotatable bonds is 1. The van der Waals surface area contributed by atoms with Crippen molar-refractivity contribution >= 4 is 54.3 Å². The molecule has 0 N–H and O–H groups in total. The second kappa shape index (κ2) is 6.20. The van der Waals surface area contributed by atoms with Crippen LogP contribution in [0.2, 0.25) is 0 Å². The van der Waals surface area contributed by atoms with Crippen LogP contribution >= 0.6 is 0 Å².